The van der Waals surface area contributed by atoms with Gasteiger partial charge in [-0.2, -0.15) is 0 Å². The van der Waals surface area contributed by atoms with E-state index in [0.29, 0.717) is 4.91 Å². The Morgan fingerprint density at radius 1 is 1.21 bits per heavy atom. The Kier molecular flexibility index (Phi) is 6.62. The zero-order valence-electron chi connectivity index (χ0n) is 17.7. The van der Waals surface area contributed by atoms with Gasteiger partial charge in [-0.1, -0.05) is 72.0 Å². The van der Waals surface area contributed by atoms with Crippen LogP contribution in [0.4, 0.5) is 0 Å². The summed E-state index contributed by atoms with van der Waals surface area (Å²) in [6, 6.07) is 14.1. The Morgan fingerprint density at radius 3 is 2.67 bits per heavy atom. The second-order valence-corrected chi connectivity index (χ2v) is 9.38. The van der Waals surface area contributed by atoms with Gasteiger partial charge < -0.3 is 15.4 Å². The van der Waals surface area contributed by atoms with Crippen molar-refractivity contribution in [1.29, 1.82) is 0 Å². The molecule has 1 aliphatic rings. The van der Waals surface area contributed by atoms with Crippen molar-refractivity contribution in [2.24, 2.45) is 0 Å². The highest BCUT2D eigenvalue weighted by atomic mass is 32.2. The van der Waals surface area contributed by atoms with Crippen molar-refractivity contribution < 1.29 is 19.5 Å². The fourth-order valence-electron chi connectivity index (χ4n) is 3.55. The molecule has 0 saturated carbocycles. The topological polar surface area (TPSA) is 102 Å². The third-order valence-electron chi connectivity index (χ3n) is 5.28. The lowest BCUT2D eigenvalue weighted by molar-refractivity contribution is -0.141. The lowest BCUT2D eigenvalue weighted by atomic mass is 10.0. The second-order valence-electron chi connectivity index (χ2n) is 7.70. The van der Waals surface area contributed by atoms with Gasteiger partial charge in [0.15, 0.2) is 0 Å². The van der Waals surface area contributed by atoms with E-state index in [2.05, 4.69) is 10.3 Å². The van der Waals surface area contributed by atoms with Crippen molar-refractivity contribution in [3.8, 4) is 0 Å². The van der Waals surface area contributed by atoms with Crippen LogP contribution in [0, 0.1) is 6.92 Å². The van der Waals surface area contributed by atoms with Crippen molar-refractivity contribution in [3.05, 3.63) is 76.3 Å². The second kappa shape index (κ2) is 9.60. The molecule has 1 aromatic heterocycles. The normalized spacial score (nSPS) is 15.9. The van der Waals surface area contributed by atoms with Crippen LogP contribution in [0.3, 0.4) is 0 Å². The summed E-state index contributed by atoms with van der Waals surface area (Å²) in [7, 11) is 0. The first-order chi connectivity index (χ1) is 15.8. The highest BCUT2D eigenvalue weighted by Crippen LogP contribution is 2.32. The molecule has 1 fully saturated rings. The number of carboxylic acids is 1. The van der Waals surface area contributed by atoms with Gasteiger partial charge in [0.25, 0.3) is 5.91 Å². The number of aryl methyl sites for hydroxylation is 1. The van der Waals surface area contributed by atoms with Crippen LogP contribution in [0.15, 0.2) is 59.6 Å². The number of nitrogens with one attached hydrogen (secondary N) is 2. The number of carbonyl (C=O) groups excluding carboxylic acids is 2. The summed E-state index contributed by atoms with van der Waals surface area (Å²) >= 11 is 6.41. The van der Waals surface area contributed by atoms with Crippen LogP contribution in [-0.4, -0.2) is 49.7 Å². The molecule has 168 valence electrons. The quantitative estimate of drug-likeness (QED) is 0.354. The number of benzene rings is 2. The van der Waals surface area contributed by atoms with E-state index in [-0.39, 0.29) is 23.2 Å². The molecule has 4 rings (SSSR count). The molecule has 0 unspecified atom stereocenters. The maximum atomic E-state index is 12.8. The zero-order valence-corrected chi connectivity index (χ0v) is 19.3. The summed E-state index contributed by atoms with van der Waals surface area (Å²) in [5.41, 5.74) is 3.64. The van der Waals surface area contributed by atoms with E-state index in [1.165, 1.54) is 4.90 Å². The third kappa shape index (κ3) is 5.15. The number of aromatic amines is 1. The van der Waals surface area contributed by atoms with E-state index < -0.39 is 17.9 Å². The SMILES string of the molecule is Cc1ccc(/C=C2/SC(=S)N(CC(=O)N[C@H](Cc3c[nH]c4ccccc34)C(=O)O)C2=O)cc1. The summed E-state index contributed by atoms with van der Waals surface area (Å²) in [6.07, 6.45) is 3.58. The van der Waals surface area contributed by atoms with Crippen LogP contribution < -0.4 is 5.32 Å². The van der Waals surface area contributed by atoms with Gasteiger partial charge in [0, 0.05) is 23.5 Å². The maximum absolute atomic E-state index is 12.8. The highest BCUT2D eigenvalue weighted by molar-refractivity contribution is 8.26. The smallest absolute Gasteiger partial charge is 0.326 e. The number of para-hydroxylation sites is 1. The van der Waals surface area contributed by atoms with Crippen LogP contribution in [0.1, 0.15) is 16.7 Å². The summed E-state index contributed by atoms with van der Waals surface area (Å²) in [5.74, 6) is -2.11. The maximum Gasteiger partial charge on any atom is 0.326 e. The molecule has 0 radical (unpaired) electrons. The van der Waals surface area contributed by atoms with Gasteiger partial charge in [-0.25, -0.2) is 4.79 Å². The molecule has 2 aromatic carbocycles. The number of aliphatic carboxylic acids is 1. The van der Waals surface area contributed by atoms with E-state index in [4.69, 9.17) is 12.2 Å². The number of hydrogen-bond donors (Lipinski definition) is 3. The van der Waals surface area contributed by atoms with Crippen LogP contribution in [-0.2, 0) is 20.8 Å². The lowest BCUT2D eigenvalue weighted by Crippen LogP contribution is -2.47. The fourth-order valence-corrected chi connectivity index (χ4v) is 4.81. The lowest BCUT2D eigenvalue weighted by Gasteiger charge is -2.18. The molecule has 0 spiro atoms. The number of fused-ring (bicyclic) bond motifs is 1. The van der Waals surface area contributed by atoms with Gasteiger partial charge >= 0.3 is 5.97 Å². The minimum Gasteiger partial charge on any atom is -0.480 e. The predicted molar refractivity (Wildman–Crippen MR) is 133 cm³/mol. The van der Waals surface area contributed by atoms with Crippen LogP contribution in [0.2, 0.25) is 0 Å². The highest BCUT2D eigenvalue weighted by Gasteiger charge is 2.34. The number of H-pyrrole nitrogens is 1. The molecule has 9 heteroatoms. The standard InChI is InChI=1S/C24H21N3O4S2/c1-14-6-8-15(9-7-14)10-20-22(29)27(24(32)33-20)13-21(28)26-19(23(30)31)11-16-12-25-18-5-3-2-4-17(16)18/h2-10,12,19,25H,11,13H2,1H3,(H,26,28)(H,30,31)/b20-10+/t19-/m1/s1. The molecule has 1 aliphatic heterocycles. The van der Waals surface area contributed by atoms with Gasteiger partial charge in [-0.15, -0.1) is 0 Å². The van der Waals surface area contributed by atoms with Crippen LogP contribution >= 0.6 is 24.0 Å². The molecule has 2 heterocycles. The Balaban J connectivity index is 1.43. The molecule has 1 saturated heterocycles. The average Bonchev–Trinajstić information content (AvgIpc) is 3.31. The van der Waals surface area contributed by atoms with Crippen LogP contribution in [0.5, 0.6) is 0 Å². The Bertz CT molecular complexity index is 1280. The minimum absolute atomic E-state index is 0.108. The van der Waals surface area contributed by atoms with Crippen molar-refractivity contribution in [2.75, 3.05) is 6.54 Å². The number of amides is 2. The minimum atomic E-state index is -1.15. The number of carboxylic acid groups (broad SMARTS) is 1. The third-order valence-corrected chi connectivity index (χ3v) is 6.66. The zero-order chi connectivity index (χ0) is 23.5. The monoisotopic (exact) mass is 479 g/mol. The van der Waals surface area contributed by atoms with Crippen LogP contribution in [0.25, 0.3) is 17.0 Å². The Morgan fingerprint density at radius 2 is 1.94 bits per heavy atom. The number of thiocarbonyl (C=S) groups is 1. The van der Waals surface area contributed by atoms with Gasteiger partial charge in [0.2, 0.25) is 5.91 Å². The first-order valence-corrected chi connectivity index (χ1v) is 11.4. The van der Waals surface area contributed by atoms with E-state index >= 15 is 0 Å². The predicted octanol–water partition coefficient (Wildman–Crippen LogP) is 3.49. The van der Waals surface area contributed by atoms with E-state index in [1.807, 2.05) is 55.5 Å². The summed E-state index contributed by atoms with van der Waals surface area (Å²) in [5, 5.41) is 13.1. The van der Waals surface area contributed by atoms with Gasteiger partial charge in [0.05, 0.1) is 4.91 Å². The van der Waals surface area contributed by atoms with Gasteiger partial charge in [0.1, 0.15) is 16.9 Å². The number of aromatic nitrogens is 1. The summed E-state index contributed by atoms with van der Waals surface area (Å²) < 4.78 is 0.261. The fraction of sp³-hybridized carbons (Fsp3) is 0.167. The number of carbonyl (C=O) groups is 3. The van der Waals surface area contributed by atoms with Crippen molar-refractivity contribution >= 4 is 63.1 Å². The molecule has 33 heavy (non-hydrogen) atoms. The van der Waals surface area contributed by atoms with Gasteiger partial charge in [-0.05, 0) is 30.2 Å². The molecule has 2 amide bonds. The van der Waals surface area contributed by atoms with E-state index in [0.717, 1.165) is 39.4 Å². The number of hydrogen-bond acceptors (Lipinski definition) is 5. The van der Waals surface area contributed by atoms with Crippen molar-refractivity contribution in [1.82, 2.24) is 15.2 Å². The Hall–Kier alpha value is -3.43. The first-order valence-electron chi connectivity index (χ1n) is 10.2. The van der Waals surface area contributed by atoms with Gasteiger partial charge in [-0.3, -0.25) is 14.5 Å². The van der Waals surface area contributed by atoms with Crippen molar-refractivity contribution in [3.63, 3.8) is 0 Å². The molecular weight excluding hydrogens is 458 g/mol. The molecular formula is C24H21N3O4S2. The molecule has 7 nitrogen and oxygen atoms in total. The molecule has 0 aliphatic carbocycles. The summed E-state index contributed by atoms with van der Waals surface area (Å²) in [4.78, 5) is 41.9. The molecule has 3 aromatic rings. The molecule has 3 N–H and O–H groups in total. The Labute approximate surface area is 199 Å². The number of thioether (sulfide) groups is 1. The largest absolute Gasteiger partial charge is 0.480 e. The average molecular weight is 480 g/mol. The van der Waals surface area contributed by atoms with E-state index in [1.54, 1.807) is 12.3 Å². The molecule has 0 bridgehead atoms. The summed E-state index contributed by atoms with van der Waals surface area (Å²) in [6.45, 7) is 1.64. The van der Waals surface area contributed by atoms with E-state index in [9.17, 15) is 19.5 Å². The first kappa shape index (κ1) is 22.8. The number of rotatable bonds is 7. The van der Waals surface area contributed by atoms with Crippen molar-refractivity contribution in [2.45, 2.75) is 19.4 Å². The number of nitrogens with zero attached hydrogens (tertiary/aromatic N) is 1. The molecule has 1 atom stereocenters.